The van der Waals surface area contributed by atoms with Crippen molar-refractivity contribution in [3.63, 3.8) is 0 Å². The standard InChI is InChI=1S/C18H14F2N2O2S/c1-24-14-5-3-13(4-6-14)22-9-8-21-18(22)25-11-17(23)15-10-12(19)2-7-16(15)20/h2-10H,11H2,1H3. The lowest BCUT2D eigenvalue weighted by Crippen LogP contribution is -2.07. The van der Waals surface area contributed by atoms with E-state index in [0.717, 1.165) is 41.4 Å². The molecular weight excluding hydrogens is 346 g/mol. The second-order valence-electron chi connectivity index (χ2n) is 5.11. The fraction of sp³-hybridized carbons (Fsp3) is 0.111. The Kier molecular flexibility index (Phi) is 5.14. The summed E-state index contributed by atoms with van der Waals surface area (Å²) in [6, 6.07) is 10.2. The van der Waals surface area contributed by atoms with Crippen molar-refractivity contribution in [1.29, 1.82) is 0 Å². The summed E-state index contributed by atoms with van der Waals surface area (Å²) in [5.74, 6) is -1.19. The van der Waals surface area contributed by atoms with Crippen molar-refractivity contribution >= 4 is 17.5 Å². The van der Waals surface area contributed by atoms with Crippen molar-refractivity contribution < 1.29 is 18.3 Å². The van der Waals surface area contributed by atoms with Gasteiger partial charge < -0.3 is 4.74 Å². The number of imidazole rings is 1. The number of methoxy groups -OCH3 is 1. The van der Waals surface area contributed by atoms with Gasteiger partial charge in [0.15, 0.2) is 10.9 Å². The van der Waals surface area contributed by atoms with E-state index in [1.165, 1.54) is 0 Å². The molecule has 0 atom stereocenters. The van der Waals surface area contributed by atoms with Crippen molar-refractivity contribution in [3.05, 3.63) is 72.1 Å². The lowest BCUT2D eigenvalue weighted by Gasteiger charge is -2.08. The number of aromatic nitrogens is 2. The van der Waals surface area contributed by atoms with Gasteiger partial charge in [-0.2, -0.15) is 0 Å². The molecule has 1 heterocycles. The number of thioether (sulfide) groups is 1. The van der Waals surface area contributed by atoms with E-state index in [-0.39, 0.29) is 11.3 Å². The number of carbonyl (C=O) groups excluding carboxylic acids is 1. The molecule has 0 saturated heterocycles. The molecule has 0 aliphatic carbocycles. The summed E-state index contributed by atoms with van der Waals surface area (Å²) in [6.07, 6.45) is 3.37. The minimum Gasteiger partial charge on any atom is -0.497 e. The highest BCUT2D eigenvalue weighted by atomic mass is 32.2. The van der Waals surface area contributed by atoms with Crippen molar-refractivity contribution in [1.82, 2.24) is 9.55 Å². The zero-order valence-corrected chi connectivity index (χ0v) is 14.1. The first-order chi connectivity index (χ1) is 12.1. The van der Waals surface area contributed by atoms with Crippen LogP contribution < -0.4 is 4.74 Å². The molecule has 0 saturated carbocycles. The summed E-state index contributed by atoms with van der Waals surface area (Å²) in [6.45, 7) is 0. The van der Waals surface area contributed by atoms with E-state index in [4.69, 9.17) is 4.74 Å². The molecule has 0 aliphatic rings. The lowest BCUT2D eigenvalue weighted by atomic mass is 10.1. The molecule has 0 N–H and O–H groups in total. The summed E-state index contributed by atoms with van der Waals surface area (Å²) in [5, 5.41) is 0.579. The van der Waals surface area contributed by atoms with Crippen LogP contribution in [0.15, 0.2) is 60.0 Å². The molecular formula is C18H14F2N2O2S. The first kappa shape index (κ1) is 17.2. The number of hydrogen-bond acceptors (Lipinski definition) is 4. The van der Waals surface area contributed by atoms with Gasteiger partial charge in [0, 0.05) is 18.1 Å². The van der Waals surface area contributed by atoms with Gasteiger partial charge in [-0.15, -0.1) is 0 Å². The quantitative estimate of drug-likeness (QED) is 0.490. The molecule has 0 unspecified atom stereocenters. The fourth-order valence-electron chi connectivity index (χ4n) is 2.25. The fourth-order valence-corrected chi connectivity index (χ4v) is 3.11. The maximum absolute atomic E-state index is 13.7. The van der Waals surface area contributed by atoms with Crippen molar-refractivity contribution in [2.45, 2.75) is 5.16 Å². The average Bonchev–Trinajstić information content (AvgIpc) is 3.10. The molecule has 1 aromatic heterocycles. The molecule has 0 radical (unpaired) electrons. The zero-order valence-electron chi connectivity index (χ0n) is 13.3. The minimum atomic E-state index is -0.731. The van der Waals surface area contributed by atoms with Crippen LogP contribution in [-0.2, 0) is 0 Å². The molecule has 0 spiro atoms. The number of ketones is 1. The van der Waals surface area contributed by atoms with Crippen LogP contribution in [0.2, 0.25) is 0 Å². The van der Waals surface area contributed by atoms with Crippen molar-refractivity contribution in [2.75, 3.05) is 12.9 Å². The SMILES string of the molecule is COc1ccc(-n2ccnc2SCC(=O)c2cc(F)ccc2F)cc1. The molecule has 128 valence electrons. The first-order valence-electron chi connectivity index (χ1n) is 7.37. The summed E-state index contributed by atoms with van der Waals surface area (Å²) in [5.41, 5.74) is 0.597. The van der Waals surface area contributed by atoms with Crippen LogP contribution in [0.25, 0.3) is 5.69 Å². The third-order valence-corrected chi connectivity index (χ3v) is 4.49. The highest BCUT2D eigenvalue weighted by Crippen LogP contribution is 2.23. The van der Waals surface area contributed by atoms with Gasteiger partial charge in [-0.05, 0) is 42.5 Å². The van der Waals surface area contributed by atoms with E-state index >= 15 is 0 Å². The molecule has 3 rings (SSSR count). The molecule has 0 amide bonds. The number of benzene rings is 2. The largest absolute Gasteiger partial charge is 0.497 e. The molecule has 0 bridgehead atoms. The maximum Gasteiger partial charge on any atom is 0.176 e. The number of rotatable bonds is 6. The zero-order chi connectivity index (χ0) is 17.8. The highest BCUT2D eigenvalue weighted by Gasteiger charge is 2.15. The number of carbonyl (C=O) groups is 1. The Balaban J connectivity index is 1.75. The van der Waals surface area contributed by atoms with Crippen LogP contribution >= 0.6 is 11.8 Å². The molecule has 4 nitrogen and oxygen atoms in total. The third kappa shape index (κ3) is 3.88. The van der Waals surface area contributed by atoms with Gasteiger partial charge in [0.1, 0.15) is 17.4 Å². The molecule has 25 heavy (non-hydrogen) atoms. The number of ether oxygens (including phenoxy) is 1. The monoisotopic (exact) mass is 360 g/mol. The first-order valence-corrected chi connectivity index (χ1v) is 8.36. The average molecular weight is 360 g/mol. The number of Topliss-reactive ketones (excluding diaryl/α,β-unsaturated/α-hetero) is 1. The second-order valence-corrected chi connectivity index (χ2v) is 6.06. The van der Waals surface area contributed by atoms with Crippen LogP contribution in [0.5, 0.6) is 5.75 Å². The summed E-state index contributed by atoms with van der Waals surface area (Å²) < 4.78 is 33.8. The Morgan fingerprint density at radius 3 is 2.68 bits per heavy atom. The number of nitrogens with zero attached hydrogens (tertiary/aromatic N) is 2. The van der Waals surface area contributed by atoms with E-state index in [0.29, 0.717) is 5.16 Å². The summed E-state index contributed by atoms with van der Waals surface area (Å²) in [4.78, 5) is 16.4. The Hall–Kier alpha value is -2.67. The van der Waals surface area contributed by atoms with Gasteiger partial charge in [-0.3, -0.25) is 9.36 Å². The van der Waals surface area contributed by atoms with Crippen LogP contribution in [0.1, 0.15) is 10.4 Å². The predicted molar refractivity (Wildman–Crippen MR) is 91.5 cm³/mol. The molecule has 3 aromatic rings. The van der Waals surface area contributed by atoms with Crippen molar-refractivity contribution in [2.24, 2.45) is 0 Å². The van der Waals surface area contributed by atoms with Gasteiger partial charge in [0.2, 0.25) is 0 Å². The van der Waals surface area contributed by atoms with E-state index in [1.807, 2.05) is 24.3 Å². The van der Waals surface area contributed by atoms with Crippen molar-refractivity contribution in [3.8, 4) is 11.4 Å². The van der Waals surface area contributed by atoms with Gasteiger partial charge in [0.05, 0.1) is 18.4 Å². The Bertz CT molecular complexity index is 894. The smallest absolute Gasteiger partial charge is 0.176 e. The summed E-state index contributed by atoms with van der Waals surface area (Å²) in [7, 11) is 1.59. The van der Waals surface area contributed by atoms with E-state index in [1.54, 1.807) is 24.1 Å². The van der Waals surface area contributed by atoms with E-state index in [9.17, 15) is 13.6 Å². The Morgan fingerprint density at radius 2 is 1.96 bits per heavy atom. The lowest BCUT2D eigenvalue weighted by molar-refractivity contribution is 0.101. The van der Waals surface area contributed by atoms with Crippen LogP contribution in [0, 0.1) is 11.6 Å². The minimum absolute atomic E-state index is 0.0481. The Labute approximate surface area is 147 Å². The third-order valence-electron chi connectivity index (χ3n) is 3.52. The van der Waals surface area contributed by atoms with Crippen LogP contribution in [0.4, 0.5) is 8.78 Å². The highest BCUT2D eigenvalue weighted by molar-refractivity contribution is 7.99. The molecule has 0 aliphatic heterocycles. The normalized spacial score (nSPS) is 10.7. The van der Waals surface area contributed by atoms with Crippen LogP contribution in [0.3, 0.4) is 0 Å². The summed E-state index contributed by atoms with van der Waals surface area (Å²) >= 11 is 1.16. The number of hydrogen-bond donors (Lipinski definition) is 0. The second kappa shape index (κ2) is 7.48. The van der Waals surface area contributed by atoms with Gasteiger partial charge >= 0.3 is 0 Å². The molecule has 7 heteroatoms. The van der Waals surface area contributed by atoms with Gasteiger partial charge in [0.25, 0.3) is 0 Å². The van der Waals surface area contributed by atoms with Gasteiger partial charge in [-0.25, -0.2) is 13.8 Å². The predicted octanol–water partition coefficient (Wildman–Crippen LogP) is 4.13. The van der Waals surface area contributed by atoms with Gasteiger partial charge in [-0.1, -0.05) is 11.8 Å². The maximum atomic E-state index is 13.7. The topological polar surface area (TPSA) is 44.1 Å². The Morgan fingerprint density at radius 1 is 1.20 bits per heavy atom. The molecule has 2 aromatic carbocycles. The number of halogens is 2. The van der Waals surface area contributed by atoms with E-state index in [2.05, 4.69) is 4.98 Å². The van der Waals surface area contributed by atoms with E-state index < -0.39 is 17.4 Å². The molecule has 0 fully saturated rings. The van der Waals surface area contributed by atoms with Crippen LogP contribution in [-0.4, -0.2) is 28.2 Å².